The van der Waals surface area contributed by atoms with Crippen LogP contribution in [0.25, 0.3) is 11.3 Å². The van der Waals surface area contributed by atoms with Crippen LogP contribution < -0.4 is 10.0 Å². The zero-order valence-electron chi connectivity index (χ0n) is 19.5. The van der Waals surface area contributed by atoms with E-state index in [2.05, 4.69) is 15.0 Å². The third-order valence-electron chi connectivity index (χ3n) is 5.09. The van der Waals surface area contributed by atoms with Crippen molar-refractivity contribution in [3.8, 4) is 11.3 Å². The summed E-state index contributed by atoms with van der Waals surface area (Å²) in [6.07, 6.45) is 0. The number of esters is 1. The molecule has 36 heavy (non-hydrogen) atoms. The van der Waals surface area contributed by atoms with E-state index in [9.17, 15) is 18.0 Å². The number of hydrogen-bond donors (Lipinski definition) is 2. The molecule has 0 saturated carbocycles. The molecule has 4 rings (SSSR count). The molecule has 184 valence electrons. The maximum absolute atomic E-state index is 12.8. The highest BCUT2D eigenvalue weighted by Gasteiger charge is 2.22. The summed E-state index contributed by atoms with van der Waals surface area (Å²) in [5.74, 6) is -0.966. The minimum Gasteiger partial charge on any atom is -0.462 e. The Hall–Kier alpha value is -4.02. The lowest BCUT2D eigenvalue weighted by molar-refractivity contribution is 0.0532. The molecule has 0 atom stereocenters. The Balaban J connectivity index is 1.50. The molecule has 1 aromatic heterocycles. The largest absolute Gasteiger partial charge is 0.462 e. The number of anilines is 2. The molecular weight excluding hydrogens is 498 g/mol. The van der Waals surface area contributed by atoms with Gasteiger partial charge in [0.15, 0.2) is 5.13 Å². The van der Waals surface area contributed by atoms with Gasteiger partial charge in [-0.05, 0) is 50.2 Å². The van der Waals surface area contributed by atoms with E-state index in [-0.39, 0.29) is 16.6 Å². The van der Waals surface area contributed by atoms with Crippen LogP contribution in [-0.2, 0) is 14.8 Å². The summed E-state index contributed by atoms with van der Waals surface area (Å²) >= 11 is 1.03. The van der Waals surface area contributed by atoms with Crippen molar-refractivity contribution in [3.63, 3.8) is 0 Å². The summed E-state index contributed by atoms with van der Waals surface area (Å²) in [5, 5.41) is 2.95. The van der Waals surface area contributed by atoms with E-state index in [1.54, 1.807) is 19.1 Å². The van der Waals surface area contributed by atoms with Gasteiger partial charge in [-0.15, -0.1) is 0 Å². The number of carbonyl (C=O) groups excluding carboxylic acids is 2. The van der Waals surface area contributed by atoms with E-state index in [1.165, 1.54) is 36.4 Å². The first-order chi connectivity index (χ1) is 17.3. The van der Waals surface area contributed by atoms with Gasteiger partial charge in [0.25, 0.3) is 15.9 Å². The maximum atomic E-state index is 12.8. The first-order valence-electron chi connectivity index (χ1n) is 11.0. The maximum Gasteiger partial charge on any atom is 0.350 e. The molecule has 0 spiro atoms. The van der Waals surface area contributed by atoms with Crippen LogP contribution in [0.3, 0.4) is 0 Å². The Kier molecular flexibility index (Phi) is 7.47. The van der Waals surface area contributed by atoms with Gasteiger partial charge in [0, 0.05) is 16.8 Å². The molecule has 0 unspecified atom stereocenters. The average molecular weight is 522 g/mol. The van der Waals surface area contributed by atoms with Gasteiger partial charge in [0.2, 0.25) is 0 Å². The molecule has 3 aromatic carbocycles. The molecule has 0 aliphatic heterocycles. The molecule has 0 fully saturated rings. The molecule has 0 aliphatic rings. The predicted octanol–water partition coefficient (Wildman–Crippen LogP) is 5.35. The van der Waals surface area contributed by atoms with Crippen molar-refractivity contribution < 1.29 is 22.7 Å². The van der Waals surface area contributed by atoms with Crippen LogP contribution >= 0.6 is 11.3 Å². The molecule has 2 N–H and O–H groups in total. The van der Waals surface area contributed by atoms with Crippen LogP contribution in [0.15, 0.2) is 83.8 Å². The van der Waals surface area contributed by atoms with Gasteiger partial charge in [0.1, 0.15) is 4.88 Å². The first-order valence-corrected chi connectivity index (χ1v) is 13.3. The summed E-state index contributed by atoms with van der Waals surface area (Å²) < 4.78 is 32.8. The smallest absolute Gasteiger partial charge is 0.350 e. The number of aryl methyl sites for hydroxylation is 1. The van der Waals surface area contributed by atoms with Crippen LogP contribution in [0.1, 0.15) is 32.5 Å². The molecule has 1 amide bonds. The minimum absolute atomic E-state index is 0.144. The average Bonchev–Trinajstić information content (AvgIpc) is 3.29. The number of thiazole rings is 1. The topological polar surface area (TPSA) is 114 Å². The number of hydrogen-bond acceptors (Lipinski definition) is 7. The fourth-order valence-corrected chi connectivity index (χ4v) is 5.23. The minimum atomic E-state index is -3.76. The Morgan fingerprint density at radius 2 is 1.61 bits per heavy atom. The van der Waals surface area contributed by atoms with Gasteiger partial charge < -0.3 is 4.74 Å². The lowest BCUT2D eigenvalue weighted by atomic mass is 10.1. The Bertz CT molecular complexity index is 1480. The summed E-state index contributed by atoms with van der Waals surface area (Å²) in [6.45, 7) is 3.81. The number of amides is 1. The number of benzene rings is 3. The predicted molar refractivity (Wildman–Crippen MR) is 140 cm³/mol. The lowest BCUT2D eigenvalue weighted by Gasteiger charge is -2.09. The summed E-state index contributed by atoms with van der Waals surface area (Å²) in [4.78, 5) is 30.2. The standard InChI is InChI=1S/C26H23N3O5S2/c1-3-34-25(31)23-22(18-7-5-4-6-8-18)27-26(35-23)28-24(30)19-11-13-20(14-12-19)29-36(32,33)21-15-9-17(2)10-16-21/h4-16,29H,3H2,1-2H3,(H,27,28,30). The zero-order chi connectivity index (χ0) is 25.7. The van der Waals surface area contributed by atoms with E-state index >= 15 is 0 Å². The zero-order valence-corrected chi connectivity index (χ0v) is 21.2. The molecule has 8 nitrogen and oxygen atoms in total. The number of aromatic nitrogens is 1. The van der Waals surface area contributed by atoms with E-state index in [1.807, 2.05) is 37.3 Å². The molecule has 4 aromatic rings. The molecule has 0 saturated heterocycles. The van der Waals surface area contributed by atoms with Gasteiger partial charge in [-0.2, -0.15) is 0 Å². The monoisotopic (exact) mass is 521 g/mol. The second-order valence-electron chi connectivity index (χ2n) is 7.73. The number of rotatable bonds is 8. The van der Waals surface area contributed by atoms with E-state index in [0.717, 1.165) is 22.5 Å². The van der Waals surface area contributed by atoms with Crippen molar-refractivity contribution in [1.82, 2.24) is 4.98 Å². The van der Waals surface area contributed by atoms with Gasteiger partial charge in [-0.3, -0.25) is 14.8 Å². The summed E-state index contributed by atoms with van der Waals surface area (Å²) in [6, 6.07) is 21.7. The van der Waals surface area contributed by atoms with Crippen LogP contribution in [0.4, 0.5) is 10.8 Å². The van der Waals surface area contributed by atoms with E-state index in [4.69, 9.17) is 4.74 Å². The quantitative estimate of drug-likeness (QED) is 0.302. The highest BCUT2D eigenvalue weighted by Crippen LogP contribution is 2.32. The van der Waals surface area contributed by atoms with Gasteiger partial charge in [-0.25, -0.2) is 18.2 Å². The van der Waals surface area contributed by atoms with Crippen molar-refractivity contribution in [2.75, 3.05) is 16.6 Å². The molecule has 10 heteroatoms. The van der Waals surface area contributed by atoms with Crippen LogP contribution in [-0.4, -0.2) is 31.9 Å². The number of nitrogens with one attached hydrogen (secondary N) is 2. The normalized spacial score (nSPS) is 11.1. The lowest BCUT2D eigenvalue weighted by Crippen LogP contribution is -2.14. The van der Waals surface area contributed by atoms with Crippen molar-refractivity contribution in [2.24, 2.45) is 0 Å². The fraction of sp³-hybridized carbons (Fsp3) is 0.115. The second-order valence-corrected chi connectivity index (χ2v) is 10.4. The number of carbonyl (C=O) groups is 2. The second kappa shape index (κ2) is 10.7. The Morgan fingerprint density at radius 3 is 2.25 bits per heavy atom. The van der Waals surface area contributed by atoms with E-state index < -0.39 is 21.9 Å². The highest BCUT2D eigenvalue weighted by atomic mass is 32.2. The molecule has 0 aliphatic carbocycles. The fourth-order valence-electron chi connectivity index (χ4n) is 3.29. The van der Waals surface area contributed by atoms with Crippen LogP contribution in [0.5, 0.6) is 0 Å². The van der Waals surface area contributed by atoms with Gasteiger partial charge in [0.05, 0.1) is 17.2 Å². The Morgan fingerprint density at radius 1 is 0.944 bits per heavy atom. The molecule has 0 radical (unpaired) electrons. The van der Waals surface area contributed by atoms with Gasteiger partial charge >= 0.3 is 5.97 Å². The Labute approximate surface area is 213 Å². The van der Waals surface area contributed by atoms with Gasteiger partial charge in [-0.1, -0.05) is 59.4 Å². The van der Waals surface area contributed by atoms with Crippen molar-refractivity contribution >= 4 is 44.1 Å². The highest BCUT2D eigenvalue weighted by molar-refractivity contribution is 7.92. The summed E-state index contributed by atoms with van der Waals surface area (Å²) in [7, 11) is -3.76. The third kappa shape index (κ3) is 5.78. The van der Waals surface area contributed by atoms with Crippen LogP contribution in [0, 0.1) is 6.92 Å². The number of nitrogens with zero attached hydrogens (tertiary/aromatic N) is 1. The van der Waals surface area contributed by atoms with Crippen molar-refractivity contribution in [1.29, 1.82) is 0 Å². The van der Waals surface area contributed by atoms with E-state index in [0.29, 0.717) is 21.8 Å². The number of ether oxygens (including phenoxy) is 1. The van der Waals surface area contributed by atoms with Crippen molar-refractivity contribution in [2.45, 2.75) is 18.7 Å². The molecule has 1 heterocycles. The number of sulfonamides is 1. The van der Waals surface area contributed by atoms with Crippen LogP contribution in [0.2, 0.25) is 0 Å². The summed E-state index contributed by atoms with van der Waals surface area (Å²) in [5.41, 5.74) is 2.72. The SMILES string of the molecule is CCOC(=O)c1sc(NC(=O)c2ccc(NS(=O)(=O)c3ccc(C)cc3)cc2)nc1-c1ccccc1. The first kappa shape index (κ1) is 25.1. The molecule has 0 bridgehead atoms. The molecular formula is C26H23N3O5S2. The van der Waals surface area contributed by atoms with Crippen molar-refractivity contribution in [3.05, 3.63) is 94.9 Å². The third-order valence-corrected chi connectivity index (χ3v) is 7.43.